The lowest BCUT2D eigenvalue weighted by Crippen LogP contribution is -2.30. The molecule has 0 saturated carbocycles. The molecule has 2 heterocycles. The van der Waals surface area contributed by atoms with Gasteiger partial charge in [0.2, 0.25) is 17.1 Å². The van der Waals surface area contributed by atoms with E-state index >= 15 is 0 Å². The number of fused-ring (bicyclic) bond motifs is 1. The molecule has 2 aromatic rings. The minimum Gasteiger partial charge on any atom is -0.465 e. The molecule has 0 saturated heterocycles. The Morgan fingerprint density at radius 2 is 1.90 bits per heavy atom. The molecule has 0 unspecified atom stereocenters. The van der Waals surface area contributed by atoms with Crippen LogP contribution in [0.2, 0.25) is 0 Å². The van der Waals surface area contributed by atoms with E-state index in [-0.39, 0.29) is 35.3 Å². The summed E-state index contributed by atoms with van der Waals surface area (Å²) in [7, 11) is 1.26. The van der Waals surface area contributed by atoms with Gasteiger partial charge < -0.3 is 29.5 Å². The molecule has 1 aliphatic heterocycles. The zero-order chi connectivity index (χ0) is 21.1. The van der Waals surface area contributed by atoms with Gasteiger partial charge in [-0.25, -0.2) is 9.59 Å². The maximum Gasteiger partial charge on any atom is 0.340 e. The number of nitrogens with two attached hydrogens (primary N) is 1. The summed E-state index contributed by atoms with van der Waals surface area (Å²) < 4.78 is 20.8. The first kappa shape index (κ1) is 20.2. The molecule has 1 aromatic heterocycles. The summed E-state index contributed by atoms with van der Waals surface area (Å²) in [5, 5.41) is 9.40. The summed E-state index contributed by atoms with van der Waals surface area (Å²) in [6, 6.07) is 7.24. The number of hydrogen-bond donors (Lipinski definition) is 2. The number of carbonyl (C=O) groups is 2. The molecule has 9 nitrogen and oxygen atoms in total. The van der Waals surface area contributed by atoms with Crippen molar-refractivity contribution in [3.8, 4) is 5.75 Å². The maximum absolute atomic E-state index is 12.6. The minimum atomic E-state index is -0.941. The number of esters is 2. The second kappa shape index (κ2) is 8.19. The Morgan fingerprint density at radius 1 is 1.21 bits per heavy atom. The van der Waals surface area contributed by atoms with E-state index in [1.54, 1.807) is 19.1 Å². The van der Waals surface area contributed by atoms with Crippen LogP contribution in [0.25, 0.3) is 0 Å². The molecule has 0 radical (unpaired) electrons. The first-order valence-corrected chi connectivity index (χ1v) is 8.71. The van der Waals surface area contributed by atoms with Crippen molar-refractivity contribution in [2.45, 2.75) is 19.4 Å². The molecule has 0 bridgehead atoms. The number of methoxy groups -OCH3 is 1. The lowest BCUT2D eigenvalue weighted by atomic mass is 9.86. The van der Waals surface area contributed by atoms with Crippen molar-refractivity contribution >= 4 is 11.9 Å². The highest BCUT2D eigenvalue weighted by atomic mass is 16.5. The molecule has 152 valence electrons. The van der Waals surface area contributed by atoms with Crippen LogP contribution in [0.4, 0.5) is 0 Å². The van der Waals surface area contributed by atoms with Crippen LogP contribution in [-0.4, -0.2) is 30.8 Å². The summed E-state index contributed by atoms with van der Waals surface area (Å²) in [5.41, 5.74) is 6.12. The Morgan fingerprint density at radius 3 is 2.48 bits per heavy atom. The predicted molar refractivity (Wildman–Crippen MR) is 99.0 cm³/mol. The Labute approximate surface area is 165 Å². The zero-order valence-corrected chi connectivity index (χ0v) is 15.8. The van der Waals surface area contributed by atoms with Crippen LogP contribution in [0.1, 0.15) is 40.3 Å². The molecule has 0 amide bonds. The highest BCUT2D eigenvalue weighted by molar-refractivity contribution is 5.93. The maximum atomic E-state index is 12.6. The summed E-state index contributed by atoms with van der Waals surface area (Å²) >= 11 is 0. The van der Waals surface area contributed by atoms with Crippen LogP contribution in [0, 0.1) is 0 Å². The average Bonchev–Trinajstić information content (AvgIpc) is 2.72. The van der Waals surface area contributed by atoms with Crippen LogP contribution in [0.3, 0.4) is 0 Å². The van der Waals surface area contributed by atoms with Gasteiger partial charge in [-0.1, -0.05) is 12.1 Å². The second-order valence-electron chi connectivity index (χ2n) is 6.08. The standard InChI is InChI=1S/C20H19NO8/c1-3-27-20(25)15-14(10-4-6-11(7-5-10)19(24)26-2)17-16(29-18(15)21)13(23)8-12(9-22)28-17/h4-8,14,22H,3,9,21H2,1-2H3/t14-/m0/s1. The van der Waals surface area contributed by atoms with E-state index in [9.17, 15) is 19.5 Å². The SMILES string of the molecule is CCOC(=O)C1=C(N)Oc2c(oc(CO)cc2=O)[C@H]1c1ccc(C(=O)OC)cc1. The lowest BCUT2D eigenvalue weighted by molar-refractivity contribution is -0.139. The molecule has 9 heteroatoms. The van der Waals surface area contributed by atoms with E-state index in [0.29, 0.717) is 11.1 Å². The van der Waals surface area contributed by atoms with Crippen LogP contribution >= 0.6 is 0 Å². The molecule has 0 fully saturated rings. The van der Waals surface area contributed by atoms with Gasteiger partial charge in [0, 0.05) is 6.07 Å². The molecule has 3 N–H and O–H groups in total. The fraction of sp³-hybridized carbons (Fsp3) is 0.250. The number of aliphatic hydroxyl groups excluding tert-OH is 1. The normalized spacial score (nSPS) is 15.3. The van der Waals surface area contributed by atoms with E-state index in [4.69, 9.17) is 19.6 Å². The van der Waals surface area contributed by atoms with Crippen molar-refractivity contribution in [2.24, 2.45) is 5.73 Å². The van der Waals surface area contributed by atoms with Crippen LogP contribution in [0.5, 0.6) is 5.75 Å². The van der Waals surface area contributed by atoms with Crippen molar-refractivity contribution in [1.82, 2.24) is 0 Å². The summed E-state index contributed by atoms with van der Waals surface area (Å²) in [6.07, 6.45) is 0. The van der Waals surface area contributed by atoms with Crippen molar-refractivity contribution in [3.63, 3.8) is 0 Å². The van der Waals surface area contributed by atoms with Gasteiger partial charge in [-0.3, -0.25) is 4.79 Å². The highest BCUT2D eigenvalue weighted by Gasteiger charge is 2.39. The van der Waals surface area contributed by atoms with Crippen molar-refractivity contribution in [2.75, 3.05) is 13.7 Å². The Hall–Kier alpha value is -3.59. The number of ether oxygens (including phenoxy) is 3. The van der Waals surface area contributed by atoms with Crippen molar-refractivity contribution in [1.29, 1.82) is 0 Å². The van der Waals surface area contributed by atoms with Crippen LogP contribution in [0.15, 0.2) is 51.0 Å². The molecule has 0 spiro atoms. The molecular weight excluding hydrogens is 382 g/mol. The Balaban J connectivity index is 2.21. The van der Waals surface area contributed by atoms with Gasteiger partial charge in [0.1, 0.15) is 17.9 Å². The molecule has 3 rings (SSSR count). The van der Waals surface area contributed by atoms with E-state index in [2.05, 4.69) is 4.74 Å². The fourth-order valence-corrected chi connectivity index (χ4v) is 3.03. The molecule has 1 aliphatic rings. The van der Waals surface area contributed by atoms with Crippen LogP contribution < -0.4 is 15.9 Å². The van der Waals surface area contributed by atoms with E-state index < -0.39 is 29.9 Å². The number of benzene rings is 1. The third kappa shape index (κ3) is 3.72. The molecule has 29 heavy (non-hydrogen) atoms. The first-order chi connectivity index (χ1) is 13.9. The fourth-order valence-electron chi connectivity index (χ4n) is 3.03. The van der Waals surface area contributed by atoms with Gasteiger partial charge in [-0.2, -0.15) is 0 Å². The monoisotopic (exact) mass is 401 g/mol. The zero-order valence-electron chi connectivity index (χ0n) is 15.8. The van der Waals surface area contributed by atoms with Gasteiger partial charge in [0.15, 0.2) is 5.76 Å². The quantitative estimate of drug-likeness (QED) is 0.707. The average molecular weight is 401 g/mol. The number of aliphatic hydroxyl groups is 1. The third-order valence-electron chi connectivity index (χ3n) is 4.33. The van der Waals surface area contributed by atoms with Crippen LogP contribution in [-0.2, 0) is 20.9 Å². The molecular formula is C20H19NO8. The Bertz CT molecular complexity index is 1040. The van der Waals surface area contributed by atoms with Gasteiger partial charge >= 0.3 is 11.9 Å². The molecule has 0 aliphatic carbocycles. The topological polar surface area (TPSA) is 138 Å². The van der Waals surface area contributed by atoms with Gasteiger partial charge in [0.05, 0.1) is 25.2 Å². The largest absolute Gasteiger partial charge is 0.465 e. The van der Waals surface area contributed by atoms with E-state index in [0.717, 1.165) is 6.07 Å². The smallest absolute Gasteiger partial charge is 0.340 e. The first-order valence-electron chi connectivity index (χ1n) is 8.71. The highest BCUT2D eigenvalue weighted by Crippen LogP contribution is 2.41. The molecule has 1 atom stereocenters. The summed E-state index contributed by atoms with van der Waals surface area (Å²) in [5.74, 6) is -2.68. The number of hydrogen-bond acceptors (Lipinski definition) is 9. The Kier molecular flexibility index (Phi) is 5.69. The van der Waals surface area contributed by atoms with Crippen molar-refractivity contribution in [3.05, 3.63) is 74.7 Å². The minimum absolute atomic E-state index is 0.00258. The number of rotatable bonds is 5. The van der Waals surface area contributed by atoms with Gasteiger partial charge in [-0.05, 0) is 24.6 Å². The summed E-state index contributed by atoms with van der Waals surface area (Å²) in [4.78, 5) is 36.7. The number of carbonyl (C=O) groups excluding carboxylic acids is 2. The summed E-state index contributed by atoms with van der Waals surface area (Å²) in [6.45, 7) is 1.21. The van der Waals surface area contributed by atoms with Crippen molar-refractivity contribution < 1.29 is 33.3 Å². The van der Waals surface area contributed by atoms with Gasteiger partial charge in [0.25, 0.3) is 0 Å². The lowest BCUT2D eigenvalue weighted by Gasteiger charge is -2.27. The molecule has 1 aromatic carbocycles. The van der Waals surface area contributed by atoms with Gasteiger partial charge in [-0.15, -0.1) is 0 Å². The van der Waals surface area contributed by atoms with E-state index in [1.165, 1.54) is 19.2 Å². The second-order valence-corrected chi connectivity index (χ2v) is 6.08. The van der Waals surface area contributed by atoms with E-state index in [1.807, 2.05) is 0 Å². The predicted octanol–water partition coefficient (Wildman–Crippen LogP) is 1.18. The third-order valence-corrected chi connectivity index (χ3v) is 4.33.